The van der Waals surface area contributed by atoms with Crippen molar-refractivity contribution >= 4 is 29.3 Å². The molecule has 2 heterocycles. The maximum atomic E-state index is 12.4. The van der Waals surface area contributed by atoms with Gasteiger partial charge in [-0.2, -0.15) is 0 Å². The number of amides is 2. The Kier molecular flexibility index (Phi) is 4.84. The summed E-state index contributed by atoms with van der Waals surface area (Å²) in [5.41, 5.74) is 2.03. The topological polar surface area (TPSA) is 71.3 Å². The quantitative estimate of drug-likeness (QED) is 0.776. The van der Waals surface area contributed by atoms with E-state index in [0.29, 0.717) is 18.2 Å². The largest absolute Gasteiger partial charge is 0.331 e. The van der Waals surface area contributed by atoms with Crippen LogP contribution in [-0.2, 0) is 16.6 Å². The molecule has 8 heteroatoms. The minimum atomic E-state index is -0.0556. The van der Waals surface area contributed by atoms with Gasteiger partial charge in [0.25, 0.3) is 0 Å². The average molecular weight is 345 g/mol. The average Bonchev–Trinajstić information content (AvgIpc) is 2.98. The van der Waals surface area contributed by atoms with Crippen LogP contribution in [0.5, 0.6) is 0 Å². The fourth-order valence-electron chi connectivity index (χ4n) is 2.50. The molecule has 1 fully saturated rings. The van der Waals surface area contributed by atoms with Crippen LogP contribution in [0.25, 0.3) is 0 Å². The summed E-state index contributed by atoms with van der Waals surface area (Å²) in [5, 5.41) is 8.40. The number of carbonyl (C=O) groups is 2. The van der Waals surface area contributed by atoms with Crippen LogP contribution in [-0.4, -0.2) is 56.9 Å². The van der Waals surface area contributed by atoms with Gasteiger partial charge in [-0.25, -0.2) is 0 Å². The molecule has 24 heavy (non-hydrogen) atoms. The summed E-state index contributed by atoms with van der Waals surface area (Å²) in [6.07, 6.45) is 1.59. The number of hydrogen-bond donors (Lipinski definition) is 0. The predicted molar refractivity (Wildman–Crippen MR) is 91.8 cm³/mol. The van der Waals surface area contributed by atoms with Crippen LogP contribution in [0.1, 0.15) is 5.56 Å². The number of hydrogen-bond acceptors (Lipinski definition) is 5. The van der Waals surface area contributed by atoms with E-state index in [1.807, 2.05) is 38.2 Å². The summed E-state index contributed by atoms with van der Waals surface area (Å²) in [5.74, 6) is 0.145. The van der Waals surface area contributed by atoms with E-state index in [1.54, 1.807) is 20.7 Å². The standard InChI is InChI=1S/C16H19N5O2S/c1-12-3-5-13(6-4-12)21-8-7-20(9-14(21)22)15(23)10-24-16-18-17-11-19(16)2/h3-6,11H,7-10H2,1-2H3. The fraction of sp³-hybridized carbons (Fsp3) is 0.375. The van der Waals surface area contributed by atoms with Crippen molar-refractivity contribution in [2.24, 2.45) is 7.05 Å². The number of aryl methyl sites for hydroxylation is 2. The molecular weight excluding hydrogens is 326 g/mol. The SMILES string of the molecule is Cc1ccc(N2CCN(C(=O)CSc3nncn3C)CC2=O)cc1. The van der Waals surface area contributed by atoms with Gasteiger partial charge in [0, 0.05) is 25.8 Å². The monoisotopic (exact) mass is 345 g/mol. The molecule has 0 aliphatic carbocycles. The summed E-state index contributed by atoms with van der Waals surface area (Å²) >= 11 is 1.33. The highest BCUT2D eigenvalue weighted by atomic mass is 32.2. The van der Waals surface area contributed by atoms with Crippen molar-refractivity contribution in [2.75, 3.05) is 30.3 Å². The first-order valence-corrected chi connectivity index (χ1v) is 8.65. The molecule has 2 amide bonds. The van der Waals surface area contributed by atoms with Gasteiger partial charge in [-0.05, 0) is 19.1 Å². The molecule has 2 aromatic rings. The lowest BCUT2D eigenvalue weighted by atomic mass is 10.2. The zero-order chi connectivity index (χ0) is 17.1. The van der Waals surface area contributed by atoms with Gasteiger partial charge in [0.2, 0.25) is 11.8 Å². The molecule has 0 bridgehead atoms. The molecule has 126 valence electrons. The van der Waals surface area contributed by atoms with Gasteiger partial charge >= 0.3 is 0 Å². The first kappa shape index (κ1) is 16.5. The Morgan fingerprint density at radius 1 is 1.25 bits per heavy atom. The van der Waals surface area contributed by atoms with Crippen LogP contribution in [0, 0.1) is 6.92 Å². The number of rotatable bonds is 4. The second-order valence-electron chi connectivity index (χ2n) is 5.71. The third-order valence-corrected chi connectivity index (χ3v) is 4.93. The second kappa shape index (κ2) is 7.04. The Morgan fingerprint density at radius 3 is 2.62 bits per heavy atom. The molecule has 1 aromatic heterocycles. The van der Waals surface area contributed by atoms with Crippen LogP contribution < -0.4 is 4.90 Å². The lowest BCUT2D eigenvalue weighted by Gasteiger charge is -2.34. The molecule has 0 unspecified atom stereocenters. The van der Waals surface area contributed by atoms with E-state index in [-0.39, 0.29) is 24.1 Å². The number of thioether (sulfide) groups is 1. The smallest absolute Gasteiger partial charge is 0.246 e. The van der Waals surface area contributed by atoms with Crippen molar-refractivity contribution in [3.63, 3.8) is 0 Å². The third-order valence-electron chi connectivity index (χ3n) is 3.91. The van der Waals surface area contributed by atoms with E-state index in [2.05, 4.69) is 10.2 Å². The number of piperazine rings is 1. The predicted octanol–water partition coefficient (Wildman–Crippen LogP) is 1.09. The fourth-order valence-corrected chi connectivity index (χ4v) is 3.30. The molecule has 1 saturated heterocycles. The highest BCUT2D eigenvalue weighted by molar-refractivity contribution is 7.99. The molecule has 0 radical (unpaired) electrons. The van der Waals surface area contributed by atoms with E-state index >= 15 is 0 Å². The highest BCUT2D eigenvalue weighted by Crippen LogP contribution is 2.19. The summed E-state index contributed by atoms with van der Waals surface area (Å²) < 4.78 is 1.76. The molecule has 0 saturated carbocycles. The van der Waals surface area contributed by atoms with Crippen LogP contribution in [0.4, 0.5) is 5.69 Å². The molecule has 0 N–H and O–H groups in total. The first-order valence-electron chi connectivity index (χ1n) is 7.66. The minimum absolute atomic E-state index is 0.0536. The van der Waals surface area contributed by atoms with Crippen molar-refractivity contribution in [1.29, 1.82) is 0 Å². The Labute approximate surface area is 144 Å². The zero-order valence-corrected chi connectivity index (χ0v) is 14.5. The van der Waals surface area contributed by atoms with Crippen LogP contribution in [0.3, 0.4) is 0 Å². The molecular formula is C16H19N5O2S. The Balaban J connectivity index is 1.56. The number of anilines is 1. The van der Waals surface area contributed by atoms with Crippen LogP contribution in [0.15, 0.2) is 35.7 Å². The molecule has 1 aliphatic heterocycles. The number of benzene rings is 1. The highest BCUT2D eigenvalue weighted by Gasteiger charge is 2.28. The van der Waals surface area contributed by atoms with Gasteiger partial charge in [-0.1, -0.05) is 29.5 Å². The van der Waals surface area contributed by atoms with E-state index in [4.69, 9.17) is 0 Å². The van der Waals surface area contributed by atoms with Crippen molar-refractivity contribution < 1.29 is 9.59 Å². The molecule has 0 atom stereocenters. The number of carbonyl (C=O) groups excluding carboxylic acids is 2. The van der Waals surface area contributed by atoms with E-state index in [0.717, 1.165) is 11.3 Å². The molecule has 1 aromatic carbocycles. The lowest BCUT2D eigenvalue weighted by Crippen LogP contribution is -2.52. The summed E-state index contributed by atoms with van der Waals surface area (Å²) in [6.45, 7) is 3.18. The maximum absolute atomic E-state index is 12.4. The van der Waals surface area contributed by atoms with Gasteiger partial charge in [0.05, 0.1) is 5.75 Å². The summed E-state index contributed by atoms with van der Waals surface area (Å²) in [6, 6.07) is 7.85. The Hall–Kier alpha value is -2.35. The molecule has 0 spiro atoms. The summed E-state index contributed by atoms with van der Waals surface area (Å²) in [7, 11) is 1.83. The van der Waals surface area contributed by atoms with Gasteiger partial charge in [-0.3, -0.25) is 9.59 Å². The zero-order valence-electron chi connectivity index (χ0n) is 13.7. The van der Waals surface area contributed by atoms with Crippen LogP contribution in [0.2, 0.25) is 0 Å². The normalized spacial score (nSPS) is 15.0. The molecule has 3 rings (SSSR count). The third kappa shape index (κ3) is 3.59. The van der Waals surface area contributed by atoms with E-state index in [9.17, 15) is 9.59 Å². The van der Waals surface area contributed by atoms with Gasteiger partial charge in [-0.15, -0.1) is 10.2 Å². The van der Waals surface area contributed by atoms with Crippen molar-refractivity contribution in [1.82, 2.24) is 19.7 Å². The Bertz CT molecular complexity index is 743. The number of aromatic nitrogens is 3. The van der Waals surface area contributed by atoms with Gasteiger partial charge in [0.15, 0.2) is 5.16 Å². The first-order chi connectivity index (χ1) is 11.5. The van der Waals surface area contributed by atoms with Gasteiger partial charge < -0.3 is 14.4 Å². The summed E-state index contributed by atoms with van der Waals surface area (Å²) in [4.78, 5) is 28.0. The van der Waals surface area contributed by atoms with Crippen molar-refractivity contribution in [3.8, 4) is 0 Å². The minimum Gasteiger partial charge on any atom is -0.331 e. The van der Waals surface area contributed by atoms with E-state index in [1.165, 1.54) is 11.8 Å². The Morgan fingerprint density at radius 2 is 2.00 bits per heavy atom. The van der Waals surface area contributed by atoms with E-state index < -0.39 is 0 Å². The lowest BCUT2D eigenvalue weighted by molar-refractivity contribution is -0.134. The van der Waals surface area contributed by atoms with Gasteiger partial charge in [0.1, 0.15) is 12.9 Å². The van der Waals surface area contributed by atoms with Crippen molar-refractivity contribution in [3.05, 3.63) is 36.2 Å². The molecule has 7 nitrogen and oxygen atoms in total. The van der Waals surface area contributed by atoms with Crippen LogP contribution >= 0.6 is 11.8 Å². The molecule has 1 aliphatic rings. The van der Waals surface area contributed by atoms with Crippen molar-refractivity contribution in [2.45, 2.75) is 12.1 Å². The number of nitrogens with zero attached hydrogens (tertiary/aromatic N) is 5. The maximum Gasteiger partial charge on any atom is 0.246 e. The second-order valence-corrected chi connectivity index (χ2v) is 6.65.